The first-order valence-corrected chi connectivity index (χ1v) is 8.86. The van der Waals surface area contributed by atoms with Gasteiger partial charge in [-0.1, -0.05) is 38.3 Å². The van der Waals surface area contributed by atoms with Crippen LogP contribution in [0.2, 0.25) is 0 Å². The molecule has 0 radical (unpaired) electrons. The van der Waals surface area contributed by atoms with E-state index in [1.165, 1.54) is 24.8 Å². The number of anilines is 1. The van der Waals surface area contributed by atoms with Crippen LogP contribution < -0.4 is 5.32 Å². The summed E-state index contributed by atoms with van der Waals surface area (Å²) in [6, 6.07) is 8.30. The fourth-order valence-electron chi connectivity index (χ4n) is 3.72. The molecule has 4 heteroatoms. The summed E-state index contributed by atoms with van der Waals surface area (Å²) in [4.78, 5) is 26.7. The van der Waals surface area contributed by atoms with Crippen LogP contribution in [-0.2, 0) is 16.0 Å². The lowest BCUT2D eigenvalue weighted by molar-refractivity contribution is -0.130. The highest BCUT2D eigenvalue weighted by atomic mass is 16.2. The van der Waals surface area contributed by atoms with E-state index < -0.39 is 0 Å². The summed E-state index contributed by atoms with van der Waals surface area (Å²) in [6.07, 6.45) is 7.22. The molecule has 0 spiro atoms. The largest absolute Gasteiger partial charge is 0.339 e. The maximum Gasteiger partial charge on any atom is 0.229 e. The third-order valence-corrected chi connectivity index (χ3v) is 5.17. The molecule has 0 aromatic heterocycles. The van der Waals surface area contributed by atoms with Crippen molar-refractivity contribution < 1.29 is 9.59 Å². The maximum atomic E-state index is 12.5. The van der Waals surface area contributed by atoms with Gasteiger partial charge in [0.2, 0.25) is 11.8 Å². The van der Waals surface area contributed by atoms with Crippen molar-refractivity contribution in [2.24, 2.45) is 5.92 Å². The van der Waals surface area contributed by atoms with Crippen LogP contribution in [0.3, 0.4) is 0 Å². The van der Waals surface area contributed by atoms with Crippen LogP contribution in [-0.4, -0.2) is 29.3 Å². The minimum absolute atomic E-state index is 0.0269. The second-order valence-electron chi connectivity index (χ2n) is 6.78. The Kier molecular flexibility index (Phi) is 4.99. The zero-order valence-electron chi connectivity index (χ0n) is 13.9. The Hall–Kier alpha value is -1.84. The minimum atomic E-state index is -0.213. The molecule has 1 aliphatic heterocycles. The Bertz CT molecular complexity index is 561. The normalized spacial score (nSPS) is 22.4. The Morgan fingerprint density at radius 3 is 2.52 bits per heavy atom. The molecule has 2 aliphatic rings. The second-order valence-corrected chi connectivity index (χ2v) is 6.78. The first-order valence-electron chi connectivity index (χ1n) is 8.86. The van der Waals surface area contributed by atoms with Gasteiger partial charge in [-0.25, -0.2) is 0 Å². The number of rotatable bonds is 4. The molecule has 1 aromatic rings. The van der Waals surface area contributed by atoms with Crippen molar-refractivity contribution in [3.05, 3.63) is 29.8 Å². The monoisotopic (exact) mass is 314 g/mol. The second kappa shape index (κ2) is 7.16. The van der Waals surface area contributed by atoms with Gasteiger partial charge in [-0.15, -0.1) is 0 Å². The van der Waals surface area contributed by atoms with E-state index in [0.29, 0.717) is 19.0 Å². The third kappa shape index (κ3) is 3.74. The van der Waals surface area contributed by atoms with Crippen molar-refractivity contribution in [3.8, 4) is 0 Å². The topological polar surface area (TPSA) is 49.4 Å². The predicted octanol–water partition coefficient (Wildman–Crippen LogP) is 3.37. The first-order chi connectivity index (χ1) is 11.2. The molecule has 0 unspecified atom stereocenters. The summed E-state index contributed by atoms with van der Waals surface area (Å²) in [6.45, 7) is 2.69. The molecular weight excluding hydrogens is 288 g/mol. The smallest absolute Gasteiger partial charge is 0.229 e. The summed E-state index contributed by atoms with van der Waals surface area (Å²) >= 11 is 0. The number of hydrogen-bond acceptors (Lipinski definition) is 2. The number of hydrogen-bond donors (Lipinski definition) is 1. The number of aryl methyl sites for hydroxylation is 1. The summed E-state index contributed by atoms with van der Waals surface area (Å²) in [5.41, 5.74) is 2.07. The fourth-order valence-corrected chi connectivity index (χ4v) is 3.72. The lowest BCUT2D eigenvalue weighted by atomic mass is 9.94. The molecule has 1 atom stereocenters. The van der Waals surface area contributed by atoms with E-state index in [4.69, 9.17) is 0 Å². The number of nitrogens with one attached hydrogen (secondary N) is 1. The van der Waals surface area contributed by atoms with Crippen molar-refractivity contribution >= 4 is 17.5 Å². The van der Waals surface area contributed by atoms with Crippen molar-refractivity contribution in [1.82, 2.24) is 4.90 Å². The number of amides is 2. The van der Waals surface area contributed by atoms with Crippen LogP contribution in [0.5, 0.6) is 0 Å². The van der Waals surface area contributed by atoms with Gasteiger partial charge in [0.15, 0.2) is 0 Å². The van der Waals surface area contributed by atoms with Gasteiger partial charge in [0.1, 0.15) is 0 Å². The highest BCUT2D eigenvalue weighted by Gasteiger charge is 2.38. The molecule has 1 saturated heterocycles. The van der Waals surface area contributed by atoms with Gasteiger partial charge >= 0.3 is 0 Å². The number of carbonyl (C=O) groups excluding carboxylic acids is 2. The molecule has 23 heavy (non-hydrogen) atoms. The number of nitrogens with zero attached hydrogens (tertiary/aromatic N) is 1. The fraction of sp³-hybridized carbons (Fsp3) is 0.579. The Labute approximate surface area is 138 Å². The van der Waals surface area contributed by atoms with Crippen LogP contribution >= 0.6 is 0 Å². The average molecular weight is 314 g/mol. The van der Waals surface area contributed by atoms with Gasteiger partial charge < -0.3 is 10.2 Å². The van der Waals surface area contributed by atoms with Gasteiger partial charge in [-0.3, -0.25) is 9.59 Å². The van der Waals surface area contributed by atoms with Crippen molar-refractivity contribution in [3.63, 3.8) is 0 Å². The molecule has 2 amide bonds. The standard InChI is InChI=1S/C19H26N2O2/c1-2-14-8-10-16(11-9-14)20-19(23)15-12-18(22)21(13-15)17-6-4-3-5-7-17/h8-11,15,17H,2-7,12-13H2,1H3,(H,20,23)/t15-/m0/s1. The molecule has 124 valence electrons. The van der Waals surface area contributed by atoms with E-state index in [2.05, 4.69) is 12.2 Å². The zero-order chi connectivity index (χ0) is 16.2. The van der Waals surface area contributed by atoms with E-state index >= 15 is 0 Å². The van der Waals surface area contributed by atoms with Crippen LogP contribution in [0.25, 0.3) is 0 Å². The SMILES string of the molecule is CCc1ccc(NC(=O)[C@H]2CC(=O)N(C3CCCCC3)C2)cc1. The number of carbonyl (C=O) groups is 2. The molecule has 3 rings (SSSR count). The molecule has 1 N–H and O–H groups in total. The quantitative estimate of drug-likeness (QED) is 0.926. The van der Waals surface area contributed by atoms with Gasteiger partial charge in [-0.05, 0) is 37.0 Å². The predicted molar refractivity (Wildman–Crippen MR) is 91.1 cm³/mol. The van der Waals surface area contributed by atoms with Crippen LogP contribution in [0.4, 0.5) is 5.69 Å². The van der Waals surface area contributed by atoms with E-state index in [1.54, 1.807) is 0 Å². The molecule has 1 saturated carbocycles. The van der Waals surface area contributed by atoms with Gasteiger partial charge in [0.05, 0.1) is 5.92 Å². The Morgan fingerprint density at radius 2 is 1.87 bits per heavy atom. The zero-order valence-corrected chi connectivity index (χ0v) is 13.9. The number of likely N-dealkylation sites (tertiary alicyclic amines) is 1. The first kappa shape index (κ1) is 16.0. The van der Waals surface area contributed by atoms with Gasteiger partial charge in [-0.2, -0.15) is 0 Å². The minimum Gasteiger partial charge on any atom is -0.339 e. The van der Waals surface area contributed by atoms with Crippen LogP contribution in [0.15, 0.2) is 24.3 Å². The molecule has 2 fully saturated rings. The summed E-state index contributed by atoms with van der Waals surface area (Å²) in [5, 5.41) is 2.96. The Morgan fingerprint density at radius 1 is 1.17 bits per heavy atom. The average Bonchev–Trinajstić information content (AvgIpc) is 2.98. The summed E-state index contributed by atoms with van der Waals surface area (Å²) < 4.78 is 0. The van der Waals surface area contributed by atoms with Crippen LogP contribution in [0, 0.1) is 5.92 Å². The van der Waals surface area contributed by atoms with E-state index in [1.807, 2.05) is 29.2 Å². The van der Waals surface area contributed by atoms with Crippen molar-refractivity contribution in [2.45, 2.75) is 57.9 Å². The molecule has 1 heterocycles. The van der Waals surface area contributed by atoms with E-state index in [-0.39, 0.29) is 17.7 Å². The Balaban J connectivity index is 1.58. The lowest BCUT2D eigenvalue weighted by Gasteiger charge is -2.31. The maximum absolute atomic E-state index is 12.5. The third-order valence-electron chi connectivity index (χ3n) is 5.17. The lowest BCUT2D eigenvalue weighted by Crippen LogP contribution is -2.38. The molecular formula is C19H26N2O2. The summed E-state index contributed by atoms with van der Waals surface area (Å²) in [5.74, 6) is -0.0884. The molecule has 0 bridgehead atoms. The number of benzene rings is 1. The highest BCUT2D eigenvalue weighted by molar-refractivity contribution is 5.97. The van der Waals surface area contributed by atoms with Crippen molar-refractivity contribution in [1.29, 1.82) is 0 Å². The molecule has 1 aliphatic carbocycles. The molecule has 4 nitrogen and oxygen atoms in total. The van der Waals surface area contributed by atoms with E-state index in [0.717, 1.165) is 24.9 Å². The van der Waals surface area contributed by atoms with Gasteiger partial charge in [0.25, 0.3) is 0 Å². The summed E-state index contributed by atoms with van der Waals surface area (Å²) in [7, 11) is 0. The van der Waals surface area contributed by atoms with Crippen molar-refractivity contribution in [2.75, 3.05) is 11.9 Å². The van der Waals surface area contributed by atoms with E-state index in [9.17, 15) is 9.59 Å². The molecule has 1 aromatic carbocycles. The highest BCUT2D eigenvalue weighted by Crippen LogP contribution is 2.29. The van der Waals surface area contributed by atoms with Crippen LogP contribution in [0.1, 0.15) is 51.0 Å². The van der Waals surface area contributed by atoms with Gasteiger partial charge in [0, 0.05) is 24.7 Å².